The van der Waals surface area contributed by atoms with Gasteiger partial charge >= 0.3 is 5.97 Å². The van der Waals surface area contributed by atoms with Crippen LogP contribution in [0.25, 0.3) is 0 Å². The van der Waals surface area contributed by atoms with Crippen molar-refractivity contribution in [2.24, 2.45) is 0 Å². The smallest absolute Gasteiger partial charge is 0.316 e. The van der Waals surface area contributed by atoms with Crippen LogP contribution in [0.4, 0.5) is 8.78 Å². The van der Waals surface area contributed by atoms with Crippen LogP contribution in [0.2, 0.25) is 0 Å². The normalized spacial score (nSPS) is 10.7. The maximum absolute atomic E-state index is 13.9. The highest BCUT2D eigenvalue weighted by molar-refractivity contribution is 8.00. The second-order valence-corrected chi connectivity index (χ2v) is 5.14. The van der Waals surface area contributed by atoms with Gasteiger partial charge in [0.15, 0.2) is 0 Å². The Balaban J connectivity index is 2.60. The molecule has 0 radical (unpaired) electrons. The summed E-state index contributed by atoms with van der Waals surface area (Å²) in [7, 11) is 1.58. The summed E-state index contributed by atoms with van der Waals surface area (Å²) >= 11 is 0.797. The SMILES string of the molecule is CCOC(=O)CSc1c(F)cc(CNCCOC)cc1F. The van der Waals surface area contributed by atoms with E-state index in [-0.39, 0.29) is 17.3 Å². The topological polar surface area (TPSA) is 47.6 Å². The minimum atomic E-state index is -0.673. The van der Waals surface area contributed by atoms with Gasteiger partial charge in [-0.1, -0.05) is 0 Å². The van der Waals surface area contributed by atoms with E-state index < -0.39 is 17.6 Å². The van der Waals surface area contributed by atoms with Gasteiger partial charge in [-0.05, 0) is 24.6 Å². The van der Waals surface area contributed by atoms with Crippen molar-refractivity contribution in [2.75, 3.05) is 32.6 Å². The molecule has 1 aromatic rings. The lowest BCUT2D eigenvalue weighted by atomic mass is 10.2. The number of rotatable bonds is 9. The van der Waals surface area contributed by atoms with Crippen LogP contribution in [0.5, 0.6) is 0 Å². The van der Waals surface area contributed by atoms with Crippen molar-refractivity contribution >= 4 is 17.7 Å². The molecule has 7 heteroatoms. The number of halogens is 2. The molecule has 0 aliphatic carbocycles. The van der Waals surface area contributed by atoms with Gasteiger partial charge in [0.25, 0.3) is 0 Å². The van der Waals surface area contributed by atoms with Crippen molar-refractivity contribution in [3.05, 3.63) is 29.3 Å². The maximum atomic E-state index is 13.9. The third-order valence-electron chi connectivity index (χ3n) is 2.51. The van der Waals surface area contributed by atoms with Crippen LogP contribution in [0, 0.1) is 11.6 Å². The van der Waals surface area contributed by atoms with Crippen molar-refractivity contribution in [1.29, 1.82) is 0 Å². The number of hydrogen-bond acceptors (Lipinski definition) is 5. The largest absolute Gasteiger partial charge is 0.465 e. The molecule has 0 saturated heterocycles. The van der Waals surface area contributed by atoms with E-state index in [0.29, 0.717) is 25.3 Å². The van der Waals surface area contributed by atoms with Gasteiger partial charge in [-0.15, -0.1) is 11.8 Å². The second kappa shape index (κ2) is 9.70. The van der Waals surface area contributed by atoms with E-state index in [1.165, 1.54) is 12.1 Å². The lowest BCUT2D eigenvalue weighted by molar-refractivity contribution is -0.139. The Morgan fingerprint density at radius 1 is 1.33 bits per heavy atom. The van der Waals surface area contributed by atoms with Crippen molar-refractivity contribution in [2.45, 2.75) is 18.4 Å². The highest BCUT2D eigenvalue weighted by atomic mass is 32.2. The molecule has 0 aliphatic heterocycles. The summed E-state index contributed by atoms with van der Waals surface area (Å²) in [6.45, 7) is 3.39. The molecule has 118 valence electrons. The predicted octanol–water partition coefficient (Wildman–Crippen LogP) is 2.36. The Labute approximate surface area is 127 Å². The van der Waals surface area contributed by atoms with Gasteiger partial charge in [0, 0.05) is 20.2 Å². The molecule has 0 atom stereocenters. The first-order chi connectivity index (χ1) is 10.1. The van der Waals surface area contributed by atoms with Crippen LogP contribution in [0.15, 0.2) is 17.0 Å². The highest BCUT2D eigenvalue weighted by Crippen LogP contribution is 2.26. The number of hydrogen-bond donors (Lipinski definition) is 1. The third kappa shape index (κ3) is 6.41. The average molecular weight is 319 g/mol. The van der Waals surface area contributed by atoms with Crippen LogP contribution in [0.1, 0.15) is 12.5 Å². The molecule has 1 N–H and O–H groups in total. The van der Waals surface area contributed by atoms with Gasteiger partial charge < -0.3 is 14.8 Å². The van der Waals surface area contributed by atoms with Gasteiger partial charge in [0.05, 0.1) is 23.9 Å². The van der Waals surface area contributed by atoms with Gasteiger partial charge in [0.2, 0.25) is 0 Å². The predicted molar refractivity (Wildman–Crippen MR) is 77.3 cm³/mol. The number of nitrogens with one attached hydrogen (secondary N) is 1. The van der Waals surface area contributed by atoms with Gasteiger partial charge in [-0.3, -0.25) is 4.79 Å². The summed E-state index contributed by atoms with van der Waals surface area (Å²) in [6.07, 6.45) is 0. The molecule has 0 aromatic heterocycles. The molecule has 0 amide bonds. The fraction of sp³-hybridized carbons (Fsp3) is 0.500. The van der Waals surface area contributed by atoms with E-state index >= 15 is 0 Å². The average Bonchev–Trinajstić information content (AvgIpc) is 2.43. The zero-order chi connectivity index (χ0) is 15.7. The first-order valence-corrected chi connectivity index (χ1v) is 7.53. The van der Waals surface area contributed by atoms with Crippen LogP contribution in [-0.2, 0) is 20.8 Å². The monoisotopic (exact) mass is 319 g/mol. The number of ether oxygens (including phenoxy) is 2. The lowest BCUT2D eigenvalue weighted by Gasteiger charge is -2.09. The Kier molecular flexibility index (Phi) is 8.26. The van der Waals surface area contributed by atoms with Crippen LogP contribution in [-0.4, -0.2) is 38.6 Å². The summed E-state index contributed by atoms with van der Waals surface area (Å²) < 4.78 is 37.3. The summed E-state index contributed by atoms with van der Waals surface area (Å²) in [6, 6.07) is 2.52. The molecule has 1 rings (SSSR count). The van der Waals surface area contributed by atoms with E-state index in [0.717, 1.165) is 11.8 Å². The van der Waals surface area contributed by atoms with Crippen LogP contribution >= 0.6 is 11.8 Å². The zero-order valence-corrected chi connectivity index (χ0v) is 12.9. The number of methoxy groups -OCH3 is 1. The van der Waals surface area contributed by atoms with E-state index in [9.17, 15) is 13.6 Å². The summed E-state index contributed by atoms with van der Waals surface area (Å²) in [5, 5.41) is 3.00. The van der Waals surface area contributed by atoms with Gasteiger partial charge in [0.1, 0.15) is 11.6 Å². The second-order valence-electron chi connectivity index (χ2n) is 4.15. The fourth-order valence-electron chi connectivity index (χ4n) is 1.59. The van der Waals surface area contributed by atoms with Crippen molar-refractivity contribution in [3.63, 3.8) is 0 Å². The highest BCUT2D eigenvalue weighted by Gasteiger charge is 2.14. The minimum Gasteiger partial charge on any atom is -0.465 e. The Morgan fingerprint density at radius 3 is 2.57 bits per heavy atom. The molecule has 21 heavy (non-hydrogen) atoms. The Morgan fingerprint density at radius 2 is 2.00 bits per heavy atom. The van der Waals surface area contributed by atoms with Crippen molar-refractivity contribution < 1.29 is 23.0 Å². The summed E-state index contributed by atoms with van der Waals surface area (Å²) in [5.41, 5.74) is 0.501. The Hall–Kier alpha value is -1.18. The Bertz CT molecular complexity index is 449. The van der Waals surface area contributed by atoms with Crippen molar-refractivity contribution in [3.8, 4) is 0 Å². The fourth-order valence-corrected chi connectivity index (χ4v) is 2.33. The van der Waals surface area contributed by atoms with E-state index in [1.54, 1.807) is 14.0 Å². The first kappa shape index (κ1) is 17.9. The molecule has 0 bridgehead atoms. The number of carbonyl (C=O) groups excluding carboxylic acids is 1. The zero-order valence-electron chi connectivity index (χ0n) is 12.1. The molecule has 0 heterocycles. The molecule has 0 fully saturated rings. The molecule has 0 saturated carbocycles. The molecule has 0 aliphatic rings. The molecule has 0 unspecified atom stereocenters. The van der Waals surface area contributed by atoms with Gasteiger partial charge in [-0.2, -0.15) is 0 Å². The van der Waals surface area contributed by atoms with E-state index in [1.807, 2.05) is 0 Å². The van der Waals surface area contributed by atoms with Crippen LogP contribution in [0.3, 0.4) is 0 Å². The van der Waals surface area contributed by atoms with E-state index in [4.69, 9.17) is 9.47 Å². The third-order valence-corrected chi connectivity index (χ3v) is 3.57. The lowest BCUT2D eigenvalue weighted by Crippen LogP contribution is -2.18. The number of thioether (sulfide) groups is 1. The number of esters is 1. The van der Waals surface area contributed by atoms with Crippen molar-refractivity contribution in [1.82, 2.24) is 5.32 Å². The standard InChI is InChI=1S/C14H19F2NO3S/c1-3-20-13(18)9-21-14-11(15)6-10(7-12(14)16)8-17-4-5-19-2/h6-7,17H,3-5,8-9H2,1-2H3. The van der Waals surface area contributed by atoms with Gasteiger partial charge in [-0.25, -0.2) is 8.78 Å². The summed E-state index contributed by atoms with van der Waals surface area (Å²) in [4.78, 5) is 11.0. The molecule has 0 spiro atoms. The molecular formula is C14H19F2NO3S. The van der Waals surface area contributed by atoms with E-state index in [2.05, 4.69) is 5.32 Å². The quantitative estimate of drug-likeness (QED) is 0.430. The molecule has 4 nitrogen and oxygen atoms in total. The molecule has 1 aromatic carbocycles. The summed E-state index contributed by atoms with van der Waals surface area (Å²) in [5.74, 6) is -1.96. The first-order valence-electron chi connectivity index (χ1n) is 6.54. The number of benzene rings is 1. The van der Waals surface area contributed by atoms with Crippen LogP contribution < -0.4 is 5.32 Å². The number of carbonyl (C=O) groups is 1. The minimum absolute atomic E-state index is 0.118. The maximum Gasteiger partial charge on any atom is 0.316 e. The molecular weight excluding hydrogens is 300 g/mol.